The first kappa shape index (κ1) is 11.3. The second-order valence-electron chi connectivity index (χ2n) is 4.80. The summed E-state index contributed by atoms with van der Waals surface area (Å²) in [6, 6.07) is 7.60. The molecule has 1 aromatic heterocycles. The fourth-order valence-electron chi connectivity index (χ4n) is 2.34. The Labute approximate surface area is 105 Å². The number of hydrogen-bond donors (Lipinski definition) is 1. The molecule has 2 unspecified atom stereocenters. The molecular formula is C13H15FN4. The molecule has 1 aliphatic rings. The van der Waals surface area contributed by atoms with Gasteiger partial charge in [-0.1, -0.05) is 29.8 Å². The number of halogens is 1. The lowest BCUT2D eigenvalue weighted by atomic mass is 10.1. The Bertz CT molecular complexity index is 561. The number of rotatable bonds is 1. The van der Waals surface area contributed by atoms with Crippen molar-refractivity contribution in [1.82, 2.24) is 14.8 Å². The minimum atomic E-state index is -0.923. The molecule has 0 aliphatic carbocycles. The van der Waals surface area contributed by atoms with Gasteiger partial charge in [0.2, 0.25) is 0 Å². The molecule has 2 atom stereocenters. The van der Waals surface area contributed by atoms with Crippen molar-refractivity contribution in [3.63, 3.8) is 0 Å². The van der Waals surface area contributed by atoms with E-state index < -0.39 is 6.17 Å². The molecule has 18 heavy (non-hydrogen) atoms. The number of nitrogens with two attached hydrogens (primary N) is 1. The van der Waals surface area contributed by atoms with Crippen LogP contribution in [0, 0.1) is 6.92 Å². The van der Waals surface area contributed by atoms with Crippen LogP contribution in [0.4, 0.5) is 4.39 Å². The summed E-state index contributed by atoms with van der Waals surface area (Å²) >= 11 is 0. The van der Waals surface area contributed by atoms with Crippen LogP contribution in [0.5, 0.6) is 0 Å². The highest BCUT2D eigenvalue weighted by atomic mass is 19.1. The zero-order chi connectivity index (χ0) is 12.7. The van der Waals surface area contributed by atoms with Crippen molar-refractivity contribution in [2.24, 2.45) is 5.73 Å². The summed E-state index contributed by atoms with van der Waals surface area (Å²) in [6.07, 6.45) is -0.598. The smallest absolute Gasteiger partial charge is 0.164 e. The number of benzene rings is 1. The summed E-state index contributed by atoms with van der Waals surface area (Å²) in [5.41, 5.74) is 8.01. The van der Waals surface area contributed by atoms with E-state index in [1.54, 1.807) is 4.57 Å². The molecule has 4 nitrogen and oxygen atoms in total. The largest absolute Gasteiger partial charge is 0.321 e. The maximum atomic E-state index is 13.6. The molecule has 94 valence electrons. The molecule has 1 aromatic carbocycles. The summed E-state index contributed by atoms with van der Waals surface area (Å²) in [5.74, 6) is 1.38. The molecule has 0 radical (unpaired) electrons. The minimum absolute atomic E-state index is 0.291. The summed E-state index contributed by atoms with van der Waals surface area (Å²) in [7, 11) is 0. The van der Waals surface area contributed by atoms with E-state index in [1.807, 2.05) is 31.2 Å². The highest BCUT2D eigenvalue weighted by molar-refractivity contribution is 5.56. The highest BCUT2D eigenvalue weighted by Crippen LogP contribution is 2.28. The molecule has 0 amide bonds. The third-order valence-corrected chi connectivity index (χ3v) is 3.31. The molecule has 0 saturated carbocycles. The van der Waals surface area contributed by atoms with Crippen molar-refractivity contribution < 1.29 is 4.39 Å². The van der Waals surface area contributed by atoms with E-state index in [9.17, 15) is 4.39 Å². The van der Waals surface area contributed by atoms with Crippen LogP contribution in [0.2, 0.25) is 0 Å². The quantitative estimate of drug-likeness (QED) is 0.837. The van der Waals surface area contributed by atoms with Gasteiger partial charge in [-0.3, -0.25) is 0 Å². The standard InChI is InChI=1S/C13H15FN4/c1-8-2-4-9(5-3-8)12-16-17-13-11(15)6-10(14)7-18(12)13/h2-5,10-11H,6-7,15H2,1H3. The lowest BCUT2D eigenvalue weighted by Crippen LogP contribution is -2.29. The van der Waals surface area contributed by atoms with Crippen LogP contribution < -0.4 is 5.73 Å². The average molecular weight is 246 g/mol. The number of nitrogens with zero attached hydrogens (tertiary/aromatic N) is 3. The predicted octanol–water partition coefficient (Wildman–Crippen LogP) is 2.00. The van der Waals surface area contributed by atoms with Gasteiger partial charge in [-0.25, -0.2) is 4.39 Å². The van der Waals surface area contributed by atoms with Gasteiger partial charge in [0, 0.05) is 12.0 Å². The number of aryl methyl sites for hydroxylation is 1. The Balaban J connectivity index is 2.06. The second kappa shape index (κ2) is 4.17. The maximum Gasteiger partial charge on any atom is 0.164 e. The Morgan fingerprint density at radius 2 is 2.00 bits per heavy atom. The lowest BCUT2D eigenvalue weighted by Gasteiger charge is -2.23. The van der Waals surface area contributed by atoms with Crippen LogP contribution in [0.3, 0.4) is 0 Å². The zero-order valence-corrected chi connectivity index (χ0v) is 10.2. The van der Waals surface area contributed by atoms with Gasteiger partial charge in [-0.15, -0.1) is 10.2 Å². The topological polar surface area (TPSA) is 56.7 Å². The number of aromatic nitrogens is 3. The Morgan fingerprint density at radius 1 is 1.28 bits per heavy atom. The molecule has 5 heteroatoms. The average Bonchev–Trinajstić information content (AvgIpc) is 2.74. The number of hydrogen-bond acceptors (Lipinski definition) is 3. The first-order chi connectivity index (χ1) is 8.65. The fraction of sp³-hybridized carbons (Fsp3) is 0.385. The molecular weight excluding hydrogens is 231 g/mol. The van der Waals surface area contributed by atoms with E-state index in [1.165, 1.54) is 5.56 Å². The Kier molecular flexibility index (Phi) is 2.63. The normalized spacial score (nSPS) is 22.8. The van der Waals surface area contributed by atoms with Crippen LogP contribution in [0.15, 0.2) is 24.3 Å². The number of alkyl halides is 1. The van der Waals surface area contributed by atoms with Crippen LogP contribution in [-0.2, 0) is 6.54 Å². The zero-order valence-electron chi connectivity index (χ0n) is 10.2. The van der Waals surface area contributed by atoms with Crippen molar-refractivity contribution in [3.05, 3.63) is 35.7 Å². The van der Waals surface area contributed by atoms with Gasteiger partial charge in [0.1, 0.15) is 12.0 Å². The lowest BCUT2D eigenvalue weighted by molar-refractivity contribution is 0.231. The van der Waals surface area contributed by atoms with Gasteiger partial charge in [-0.2, -0.15) is 0 Å². The molecule has 2 N–H and O–H groups in total. The van der Waals surface area contributed by atoms with Gasteiger partial charge in [0.15, 0.2) is 5.82 Å². The van der Waals surface area contributed by atoms with E-state index in [4.69, 9.17) is 5.73 Å². The molecule has 0 spiro atoms. The van der Waals surface area contributed by atoms with Crippen molar-refractivity contribution in [3.8, 4) is 11.4 Å². The summed E-state index contributed by atoms with van der Waals surface area (Å²) < 4.78 is 15.4. The molecule has 0 bridgehead atoms. The fourth-order valence-corrected chi connectivity index (χ4v) is 2.34. The monoisotopic (exact) mass is 246 g/mol. The number of fused-ring (bicyclic) bond motifs is 1. The van der Waals surface area contributed by atoms with E-state index in [0.29, 0.717) is 24.6 Å². The molecule has 3 rings (SSSR count). The van der Waals surface area contributed by atoms with E-state index in [0.717, 1.165) is 5.56 Å². The van der Waals surface area contributed by atoms with Crippen molar-refractivity contribution in [2.45, 2.75) is 32.1 Å². The molecule has 0 fully saturated rings. The summed E-state index contributed by atoms with van der Waals surface area (Å²) in [4.78, 5) is 0. The van der Waals surface area contributed by atoms with Crippen LogP contribution in [0.25, 0.3) is 11.4 Å². The first-order valence-electron chi connectivity index (χ1n) is 6.05. The third kappa shape index (κ3) is 1.80. The van der Waals surface area contributed by atoms with Gasteiger partial charge in [-0.05, 0) is 6.92 Å². The first-order valence-corrected chi connectivity index (χ1v) is 6.05. The van der Waals surface area contributed by atoms with Gasteiger partial charge < -0.3 is 10.3 Å². The van der Waals surface area contributed by atoms with Crippen LogP contribution in [0.1, 0.15) is 23.9 Å². The Morgan fingerprint density at radius 3 is 2.72 bits per heavy atom. The van der Waals surface area contributed by atoms with Gasteiger partial charge >= 0.3 is 0 Å². The highest BCUT2D eigenvalue weighted by Gasteiger charge is 2.28. The Hall–Kier alpha value is -1.75. The molecule has 2 heterocycles. The second-order valence-corrected chi connectivity index (χ2v) is 4.80. The molecule has 1 aliphatic heterocycles. The summed E-state index contributed by atoms with van der Waals surface area (Å²) in [5, 5.41) is 8.24. The van der Waals surface area contributed by atoms with Crippen LogP contribution in [-0.4, -0.2) is 20.9 Å². The van der Waals surface area contributed by atoms with E-state index >= 15 is 0 Å². The molecule has 2 aromatic rings. The summed E-state index contributed by atoms with van der Waals surface area (Å²) in [6.45, 7) is 2.32. The third-order valence-electron chi connectivity index (χ3n) is 3.31. The maximum absolute atomic E-state index is 13.6. The van der Waals surface area contributed by atoms with E-state index in [2.05, 4.69) is 10.2 Å². The van der Waals surface area contributed by atoms with E-state index in [-0.39, 0.29) is 6.04 Å². The predicted molar refractivity (Wildman–Crippen MR) is 66.6 cm³/mol. The van der Waals surface area contributed by atoms with Crippen LogP contribution >= 0.6 is 0 Å². The molecule has 0 saturated heterocycles. The van der Waals surface area contributed by atoms with Gasteiger partial charge in [0.05, 0.1) is 12.6 Å². The van der Waals surface area contributed by atoms with Gasteiger partial charge in [0.25, 0.3) is 0 Å². The van der Waals surface area contributed by atoms with Crippen molar-refractivity contribution in [1.29, 1.82) is 0 Å². The van der Waals surface area contributed by atoms with Crippen molar-refractivity contribution in [2.75, 3.05) is 0 Å². The van der Waals surface area contributed by atoms with Crippen molar-refractivity contribution >= 4 is 0 Å². The minimum Gasteiger partial charge on any atom is -0.321 e. The SMILES string of the molecule is Cc1ccc(-c2nnc3n2CC(F)CC3N)cc1.